The van der Waals surface area contributed by atoms with Crippen molar-refractivity contribution < 1.29 is 19.2 Å². The van der Waals surface area contributed by atoms with Crippen LogP contribution in [-0.2, 0) is 0 Å². The van der Waals surface area contributed by atoms with Gasteiger partial charge in [0, 0.05) is 5.56 Å². The fourth-order valence-corrected chi connectivity index (χ4v) is 2.15. The van der Waals surface area contributed by atoms with E-state index in [-0.39, 0.29) is 23.8 Å². The second-order valence-electron chi connectivity index (χ2n) is 5.12. The van der Waals surface area contributed by atoms with Crippen LogP contribution in [0.15, 0.2) is 36.4 Å². The molecule has 0 aliphatic carbocycles. The number of hydrogen-bond donors (Lipinski definition) is 0. The van der Waals surface area contributed by atoms with Gasteiger partial charge in [-0.25, -0.2) is 0 Å². The summed E-state index contributed by atoms with van der Waals surface area (Å²) in [6, 6.07) is 9.79. The quantitative estimate of drug-likeness (QED) is 0.463. The molecule has 0 spiro atoms. The summed E-state index contributed by atoms with van der Waals surface area (Å²) >= 11 is 0. The summed E-state index contributed by atoms with van der Waals surface area (Å²) in [5.74, 6) is 0.163. The fourth-order valence-electron chi connectivity index (χ4n) is 2.15. The summed E-state index contributed by atoms with van der Waals surface area (Å²) in [7, 11) is 1.42. The highest BCUT2D eigenvalue weighted by molar-refractivity contribution is 5.98. The SMILES string of the molecule is COc1ccc(OCC(=O)c2cc(C)ccc2C)c([N+](=O)[O-])c1. The number of nitrogens with zero attached hydrogens (tertiary/aromatic N) is 1. The van der Waals surface area contributed by atoms with Gasteiger partial charge in [-0.2, -0.15) is 0 Å². The van der Waals surface area contributed by atoms with Gasteiger partial charge in [-0.05, 0) is 37.6 Å². The maximum Gasteiger partial charge on any atom is 0.314 e. The van der Waals surface area contributed by atoms with Crippen molar-refractivity contribution >= 4 is 11.5 Å². The number of carbonyl (C=O) groups is 1. The molecule has 0 fully saturated rings. The first-order valence-electron chi connectivity index (χ1n) is 6.98. The maximum atomic E-state index is 12.3. The van der Waals surface area contributed by atoms with Gasteiger partial charge in [0.25, 0.3) is 0 Å². The lowest BCUT2D eigenvalue weighted by Crippen LogP contribution is -2.13. The van der Waals surface area contributed by atoms with E-state index >= 15 is 0 Å². The molecule has 0 aromatic heterocycles. The van der Waals surface area contributed by atoms with Gasteiger partial charge in [0.1, 0.15) is 5.75 Å². The molecule has 0 radical (unpaired) electrons. The van der Waals surface area contributed by atoms with Crippen LogP contribution in [0.4, 0.5) is 5.69 Å². The monoisotopic (exact) mass is 315 g/mol. The molecular weight excluding hydrogens is 298 g/mol. The van der Waals surface area contributed by atoms with Crippen LogP contribution in [0.3, 0.4) is 0 Å². The molecular formula is C17H17NO5. The van der Waals surface area contributed by atoms with Crippen LogP contribution < -0.4 is 9.47 Å². The Labute approximate surface area is 133 Å². The Balaban J connectivity index is 2.19. The van der Waals surface area contributed by atoms with E-state index in [1.807, 2.05) is 26.0 Å². The molecule has 0 heterocycles. The number of hydrogen-bond acceptors (Lipinski definition) is 5. The van der Waals surface area contributed by atoms with Gasteiger partial charge in [0.2, 0.25) is 0 Å². The number of rotatable bonds is 6. The number of ether oxygens (including phenoxy) is 2. The lowest BCUT2D eigenvalue weighted by Gasteiger charge is -2.09. The van der Waals surface area contributed by atoms with Crippen molar-refractivity contribution in [3.8, 4) is 11.5 Å². The van der Waals surface area contributed by atoms with Crippen molar-refractivity contribution in [3.05, 3.63) is 63.2 Å². The number of benzene rings is 2. The highest BCUT2D eigenvalue weighted by Crippen LogP contribution is 2.31. The zero-order valence-electron chi connectivity index (χ0n) is 13.2. The Morgan fingerprint density at radius 1 is 1.17 bits per heavy atom. The first kappa shape index (κ1) is 16.5. The molecule has 23 heavy (non-hydrogen) atoms. The Hall–Kier alpha value is -2.89. The molecule has 0 unspecified atom stereocenters. The van der Waals surface area contributed by atoms with E-state index in [2.05, 4.69) is 0 Å². The van der Waals surface area contributed by atoms with Crippen LogP contribution in [0.1, 0.15) is 21.5 Å². The predicted molar refractivity (Wildman–Crippen MR) is 85.4 cm³/mol. The Bertz CT molecular complexity index is 755. The lowest BCUT2D eigenvalue weighted by atomic mass is 10.0. The molecule has 0 saturated heterocycles. The van der Waals surface area contributed by atoms with Crippen LogP contribution >= 0.6 is 0 Å². The van der Waals surface area contributed by atoms with Gasteiger partial charge in [-0.3, -0.25) is 14.9 Å². The first-order valence-corrected chi connectivity index (χ1v) is 6.98. The predicted octanol–water partition coefficient (Wildman–Crippen LogP) is 3.48. The van der Waals surface area contributed by atoms with Crippen molar-refractivity contribution in [3.63, 3.8) is 0 Å². The van der Waals surface area contributed by atoms with E-state index in [9.17, 15) is 14.9 Å². The van der Waals surface area contributed by atoms with E-state index in [1.54, 1.807) is 12.1 Å². The lowest BCUT2D eigenvalue weighted by molar-refractivity contribution is -0.385. The molecule has 2 aromatic carbocycles. The zero-order chi connectivity index (χ0) is 17.0. The van der Waals surface area contributed by atoms with Gasteiger partial charge in [-0.1, -0.05) is 17.7 Å². The molecule has 6 heteroatoms. The van der Waals surface area contributed by atoms with Gasteiger partial charge in [0.15, 0.2) is 18.1 Å². The standard InChI is InChI=1S/C17H17NO5/c1-11-4-5-12(2)14(8-11)16(19)10-23-17-7-6-13(22-3)9-15(17)18(20)21/h4-9H,10H2,1-3H3. The van der Waals surface area contributed by atoms with E-state index in [0.717, 1.165) is 11.1 Å². The highest BCUT2D eigenvalue weighted by atomic mass is 16.6. The van der Waals surface area contributed by atoms with Crippen LogP contribution in [0, 0.1) is 24.0 Å². The Morgan fingerprint density at radius 3 is 2.57 bits per heavy atom. The minimum atomic E-state index is -0.569. The van der Waals surface area contributed by atoms with Crippen molar-refractivity contribution in [2.45, 2.75) is 13.8 Å². The number of ketones is 1. The summed E-state index contributed by atoms with van der Waals surface area (Å²) in [6.07, 6.45) is 0. The third-order valence-electron chi connectivity index (χ3n) is 3.42. The van der Waals surface area contributed by atoms with Crippen LogP contribution in [0.25, 0.3) is 0 Å². The summed E-state index contributed by atoms with van der Waals surface area (Å²) in [4.78, 5) is 22.8. The van der Waals surface area contributed by atoms with E-state index in [0.29, 0.717) is 11.3 Å². The summed E-state index contributed by atoms with van der Waals surface area (Å²) in [5, 5.41) is 11.1. The van der Waals surface area contributed by atoms with Crippen LogP contribution in [-0.4, -0.2) is 24.4 Å². The normalized spacial score (nSPS) is 10.2. The third-order valence-corrected chi connectivity index (χ3v) is 3.42. The topological polar surface area (TPSA) is 78.7 Å². The van der Waals surface area contributed by atoms with Crippen LogP contribution in [0.2, 0.25) is 0 Å². The second kappa shape index (κ2) is 6.91. The van der Waals surface area contributed by atoms with Crippen molar-refractivity contribution in [2.24, 2.45) is 0 Å². The molecule has 2 aromatic rings. The Kier molecular flexibility index (Phi) is 4.95. The summed E-state index contributed by atoms with van der Waals surface area (Å²) in [5.41, 5.74) is 2.13. The van der Waals surface area contributed by atoms with E-state index < -0.39 is 4.92 Å². The zero-order valence-corrected chi connectivity index (χ0v) is 13.2. The average molecular weight is 315 g/mol. The molecule has 2 rings (SSSR count). The van der Waals surface area contributed by atoms with Crippen LogP contribution in [0.5, 0.6) is 11.5 Å². The number of carbonyl (C=O) groups excluding carboxylic acids is 1. The maximum absolute atomic E-state index is 12.3. The van der Waals surface area contributed by atoms with Gasteiger partial charge < -0.3 is 9.47 Å². The van der Waals surface area contributed by atoms with Crippen molar-refractivity contribution in [2.75, 3.05) is 13.7 Å². The molecule has 0 amide bonds. The number of nitro groups is 1. The van der Waals surface area contributed by atoms with Gasteiger partial charge in [-0.15, -0.1) is 0 Å². The Morgan fingerprint density at radius 2 is 1.91 bits per heavy atom. The third kappa shape index (κ3) is 3.85. The molecule has 0 bridgehead atoms. The van der Waals surface area contributed by atoms with Gasteiger partial charge in [0.05, 0.1) is 18.1 Å². The smallest absolute Gasteiger partial charge is 0.314 e. The van der Waals surface area contributed by atoms with E-state index in [4.69, 9.17) is 9.47 Å². The molecule has 0 aliphatic heterocycles. The molecule has 0 N–H and O–H groups in total. The minimum absolute atomic E-state index is 0.0365. The van der Waals surface area contributed by atoms with E-state index in [1.165, 1.54) is 19.2 Å². The number of Topliss-reactive ketones (excluding diaryl/α,β-unsaturated/α-hetero) is 1. The number of nitro benzene ring substituents is 1. The number of aryl methyl sites for hydroxylation is 2. The molecule has 0 aliphatic rings. The number of methoxy groups -OCH3 is 1. The molecule has 120 valence electrons. The summed E-state index contributed by atoms with van der Waals surface area (Å²) < 4.78 is 10.3. The molecule has 0 atom stereocenters. The molecule has 6 nitrogen and oxygen atoms in total. The highest BCUT2D eigenvalue weighted by Gasteiger charge is 2.18. The second-order valence-corrected chi connectivity index (χ2v) is 5.12. The van der Waals surface area contributed by atoms with Gasteiger partial charge >= 0.3 is 5.69 Å². The first-order chi connectivity index (χ1) is 10.9. The minimum Gasteiger partial charge on any atom is -0.496 e. The average Bonchev–Trinajstić information content (AvgIpc) is 2.54. The van der Waals surface area contributed by atoms with Crippen molar-refractivity contribution in [1.29, 1.82) is 0 Å². The largest absolute Gasteiger partial charge is 0.496 e. The van der Waals surface area contributed by atoms with Crippen molar-refractivity contribution in [1.82, 2.24) is 0 Å². The fraction of sp³-hybridized carbons (Fsp3) is 0.235. The molecule has 0 saturated carbocycles. The summed E-state index contributed by atoms with van der Waals surface area (Å²) in [6.45, 7) is 3.46.